The van der Waals surface area contributed by atoms with E-state index in [0.29, 0.717) is 45.2 Å². The smallest absolute Gasteiger partial charge is 0.236 e. The van der Waals surface area contributed by atoms with Crippen LogP contribution in [0.3, 0.4) is 0 Å². The van der Waals surface area contributed by atoms with Gasteiger partial charge in [-0.3, -0.25) is 19.3 Å². The summed E-state index contributed by atoms with van der Waals surface area (Å²) in [7, 11) is 0. The van der Waals surface area contributed by atoms with Gasteiger partial charge < -0.3 is 14.7 Å². The summed E-state index contributed by atoms with van der Waals surface area (Å²) in [6.07, 6.45) is 6.22. The van der Waals surface area contributed by atoms with Crippen molar-refractivity contribution in [2.75, 3.05) is 52.4 Å². The van der Waals surface area contributed by atoms with E-state index in [-0.39, 0.29) is 23.6 Å². The molecule has 186 valence electrons. The van der Waals surface area contributed by atoms with Crippen LogP contribution in [0.4, 0.5) is 0 Å². The van der Waals surface area contributed by atoms with Crippen LogP contribution in [0.25, 0.3) is 0 Å². The second-order valence-electron chi connectivity index (χ2n) is 10.2. The normalized spacial score (nSPS) is 22.6. The summed E-state index contributed by atoms with van der Waals surface area (Å²) in [5, 5.41) is 0. The van der Waals surface area contributed by atoms with E-state index in [9.17, 15) is 14.4 Å². The Morgan fingerprint density at radius 2 is 1.50 bits per heavy atom. The minimum Gasteiger partial charge on any atom is -0.343 e. The van der Waals surface area contributed by atoms with Crippen molar-refractivity contribution in [1.29, 1.82) is 0 Å². The molecular formula is C27H40N4O3. The quantitative estimate of drug-likeness (QED) is 0.643. The fraction of sp³-hybridized carbons (Fsp3) is 0.667. The van der Waals surface area contributed by atoms with E-state index in [4.69, 9.17) is 0 Å². The Labute approximate surface area is 204 Å². The van der Waals surface area contributed by atoms with Crippen LogP contribution in [0, 0.1) is 5.92 Å². The van der Waals surface area contributed by atoms with Crippen LogP contribution in [0.1, 0.15) is 51.0 Å². The largest absolute Gasteiger partial charge is 0.343 e. The first kappa shape index (κ1) is 24.7. The molecule has 0 spiro atoms. The van der Waals surface area contributed by atoms with Gasteiger partial charge in [-0.25, -0.2) is 0 Å². The number of aryl methyl sites for hydroxylation is 1. The van der Waals surface area contributed by atoms with Crippen molar-refractivity contribution in [3.8, 4) is 0 Å². The minimum atomic E-state index is 0.0144. The van der Waals surface area contributed by atoms with Crippen LogP contribution in [-0.4, -0.2) is 95.7 Å². The molecule has 3 amide bonds. The molecular weight excluding hydrogens is 428 g/mol. The van der Waals surface area contributed by atoms with Gasteiger partial charge in [0.1, 0.15) is 0 Å². The number of piperazine rings is 1. The molecule has 3 heterocycles. The highest BCUT2D eigenvalue weighted by atomic mass is 16.2. The predicted octanol–water partition coefficient (Wildman–Crippen LogP) is 2.40. The molecule has 0 N–H and O–H groups in total. The van der Waals surface area contributed by atoms with Crippen molar-refractivity contribution in [2.45, 2.75) is 57.9 Å². The van der Waals surface area contributed by atoms with Gasteiger partial charge in [0.05, 0.1) is 6.54 Å². The number of likely N-dealkylation sites (tertiary alicyclic amines) is 2. The van der Waals surface area contributed by atoms with Crippen molar-refractivity contribution in [3.05, 3.63) is 35.9 Å². The lowest BCUT2D eigenvalue weighted by molar-refractivity contribution is -0.142. The first-order chi connectivity index (χ1) is 16.5. The number of amides is 3. The third-order valence-corrected chi connectivity index (χ3v) is 7.83. The van der Waals surface area contributed by atoms with E-state index >= 15 is 0 Å². The Hall–Kier alpha value is -2.41. The maximum Gasteiger partial charge on any atom is 0.236 e. The molecule has 0 saturated carbocycles. The number of hydrogen-bond donors (Lipinski definition) is 0. The number of carbonyl (C=O) groups is 3. The summed E-state index contributed by atoms with van der Waals surface area (Å²) in [4.78, 5) is 46.6. The van der Waals surface area contributed by atoms with Crippen molar-refractivity contribution < 1.29 is 14.4 Å². The SMILES string of the molecule is CC1CCCCN1C(=O)CN1CCN(C(=O)C2CCN(C(=O)CCc3ccccc3)CC2)CC1. The van der Waals surface area contributed by atoms with Gasteiger partial charge in [-0.05, 0) is 51.0 Å². The highest BCUT2D eigenvalue weighted by Crippen LogP contribution is 2.22. The maximum absolute atomic E-state index is 13.1. The number of carbonyl (C=O) groups excluding carboxylic acids is 3. The van der Waals surface area contributed by atoms with Crippen molar-refractivity contribution >= 4 is 17.7 Å². The molecule has 0 aliphatic carbocycles. The molecule has 3 saturated heterocycles. The second kappa shape index (κ2) is 11.8. The van der Waals surface area contributed by atoms with Gasteiger partial charge in [0.2, 0.25) is 17.7 Å². The molecule has 3 aliphatic heterocycles. The molecule has 7 heteroatoms. The Morgan fingerprint density at radius 1 is 0.794 bits per heavy atom. The summed E-state index contributed by atoms with van der Waals surface area (Å²) >= 11 is 0. The van der Waals surface area contributed by atoms with E-state index < -0.39 is 0 Å². The van der Waals surface area contributed by atoms with Gasteiger partial charge in [0.25, 0.3) is 0 Å². The summed E-state index contributed by atoms with van der Waals surface area (Å²) in [6, 6.07) is 10.5. The van der Waals surface area contributed by atoms with Gasteiger partial charge in [-0.2, -0.15) is 0 Å². The molecule has 1 unspecified atom stereocenters. The predicted molar refractivity (Wildman–Crippen MR) is 132 cm³/mol. The summed E-state index contributed by atoms with van der Waals surface area (Å²) < 4.78 is 0. The van der Waals surface area contributed by atoms with Gasteiger partial charge in [0, 0.05) is 64.2 Å². The van der Waals surface area contributed by atoms with Crippen molar-refractivity contribution in [1.82, 2.24) is 19.6 Å². The molecule has 0 radical (unpaired) electrons. The molecule has 1 aromatic carbocycles. The second-order valence-corrected chi connectivity index (χ2v) is 10.2. The number of piperidine rings is 2. The molecule has 0 bridgehead atoms. The third-order valence-electron chi connectivity index (χ3n) is 7.83. The van der Waals surface area contributed by atoms with Crippen molar-refractivity contribution in [3.63, 3.8) is 0 Å². The Morgan fingerprint density at radius 3 is 2.18 bits per heavy atom. The first-order valence-corrected chi connectivity index (χ1v) is 13.1. The molecule has 0 aromatic heterocycles. The average molecular weight is 469 g/mol. The summed E-state index contributed by atoms with van der Waals surface area (Å²) in [5.41, 5.74) is 1.19. The molecule has 7 nitrogen and oxygen atoms in total. The standard InChI is InChI=1S/C27H40N4O3/c1-22-7-5-6-14-31(22)26(33)21-28-17-19-30(20-18-28)27(34)24-12-15-29(16-13-24)25(32)11-10-23-8-3-2-4-9-23/h2-4,8-9,22,24H,5-7,10-21H2,1H3. The lowest BCUT2D eigenvalue weighted by Gasteiger charge is -2.40. The first-order valence-electron chi connectivity index (χ1n) is 13.1. The summed E-state index contributed by atoms with van der Waals surface area (Å²) in [5.74, 6) is 0.667. The van der Waals surface area contributed by atoms with Crippen molar-refractivity contribution in [2.24, 2.45) is 5.92 Å². The third kappa shape index (κ3) is 6.38. The summed E-state index contributed by atoms with van der Waals surface area (Å²) in [6.45, 7) is 7.75. The minimum absolute atomic E-state index is 0.0144. The van der Waals surface area contributed by atoms with Crippen LogP contribution in [0.5, 0.6) is 0 Å². The number of rotatable bonds is 6. The molecule has 3 aliphatic rings. The number of hydrogen-bond acceptors (Lipinski definition) is 4. The van der Waals surface area contributed by atoms with Crippen LogP contribution in [-0.2, 0) is 20.8 Å². The zero-order chi connectivity index (χ0) is 23.9. The molecule has 34 heavy (non-hydrogen) atoms. The van der Waals surface area contributed by atoms with E-state index in [1.807, 2.05) is 32.9 Å². The maximum atomic E-state index is 13.1. The zero-order valence-electron chi connectivity index (χ0n) is 20.7. The van der Waals surface area contributed by atoms with E-state index in [2.05, 4.69) is 24.0 Å². The van der Waals surface area contributed by atoms with Crippen LogP contribution >= 0.6 is 0 Å². The highest BCUT2D eigenvalue weighted by Gasteiger charge is 2.32. The van der Waals surface area contributed by atoms with E-state index in [0.717, 1.165) is 51.7 Å². The van der Waals surface area contributed by atoms with Gasteiger partial charge >= 0.3 is 0 Å². The molecule has 3 fully saturated rings. The lowest BCUT2D eigenvalue weighted by Crippen LogP contribution is -2.54. The van der Waals surface area contributed by atoms with E-state index in [1.54, 1.807) is 0 Å². The van der Waals surface area contributed by atoms with E-state index in [1.165, 1.54) is 12.0 Å². The number of nitrogens with zero attached hydrogens (tertiary/aromatic N) is 4. The molecule has 1 aromatic rings. The topological polar surface area (TPSA) is 64.2 Å². The van der Waals surface area contributed by atoms with Crippen LogP contribution < -0.4 is 0 Å². The Balaban J connectivity index is 1.16. The molecule has 4 rings (SSSR count). The average Bonchev–Trinajstić information content (AvgIpc) is 2.88. The fourth-order valence-electron chi connectivity index (χ4n) is 5.57. The number of benzene rings is 1. The fourth-order valence-corrected chi connectivity index (χ4v) is 5.57. The Kier molecular flexibility index (Phi) is 8.59. The monoisotopic (exact) mass is 468 g/mol. The van der Waals surface area contributed by atoms with Crippen LogP contribution in [0.2, 0.25) is 0 Å². The van der Waals surface area contributed by atoms with Crippen LogP contribution in [0.15, 0.2) is 30.3 Å². The zero-order valence-corrected chi connectivity index (χ0v) is 20.7. The van der Waals surface area contributed by atoms with Gasteiger partial charge in [-0.1, -0.05) is 30.3 Å². The Bertz CT molecular complexity index is 830. The highest BCUT2D eigenvalue weighted by molar-refractivity contribution is 5.81. The lowest BCUT2D eigenvalue weighted by atomic mass is 9.94. The molecule has 1 atom stereocenters. The van der Waals surface area contributed by atoms with Gasteiger partial charge in [0.15, 0.2) is 0 Å². The van der Waals surface area contributed by atoms with Gasteiger partial charge in [-0.15, -0.1) is 0 Å².